The summed E-state index contributed by atoms with van der Waals surface area (Å²) in [6.45, 7) is -0.528. The van der Waals surface area contributed by atoms with Crippen LogP contribution in [0.1, 0.15) is 41.1 Å². The second kappa shape index (κ2) is 9.84. The highest BCUT2D eigenvalue weighted by Crippen LogP contribution is 2.41. The Kier molecular flexibility index (Phi) is 6.98. The molecule has 2 heterocycles. The van der Waals surface area contributed by atoms with Gasteiger partial charge in [0, 0.05) is 34.4 Å². The van der Waals surface area contributed by atoms with E-state index in [9.17, 15) is 26.7 Å². The molecule has 1 aromatic heterocycles. The highest BCUT2D eigenvalue weighted by atomic mass is 35.5. The quantitative estimate of drug-likeness (QED) is 0.274. The molecule has 0 aliphatic carbocycles. The smallest absolute Gasteiger partial charge is 0.376 e. The van der Waals surface area contributed by atoms with E-state index in [2.05, 4.69) is 10.2 Å². The Bertz CT molecular complexity index is 1520. The van der Waals surface area contributed by atoms with Crippen LogP contribution in [0.15, 0.2) is 66.7 Å². The molecule has 1 saturated heterocycles. The number of fused-ring (bicyclic) bond motifs is 1. The molecule has 2 N–H and O–H groups in total. The summed E-state index contributed by atoms with van der Waals surface area (Å²) in [5, 5.41) is 21.3. The number of nitrogens with one attached hydrogen (secondary N) is 1. The number of nitrogens with zero attached hydrogens (tertiary/aromatic N) is 2. The topological polar surface area (TPSA) is 86.3 Å². The van der Waals surface area contributed by atoms with E-state index in [0.717, 1.165) is 0 Å². The van der Waals surface area contributed by atoms with Crippen LogP contribution in [0.3, 0.4) is 0 Å². The molecule has 1 aliphatic rings. The number of aromatic amines is 1. The molecule has 1 aliphatic heterocycles. The predicted octanol–water partition coefficient (Wildman–Crippen LogP) is 6.18. The number of sulfonamides is 1. The Morgan fingerprint density at radius 3 is 1.87 bits per heavy atom. The Morgan fingerprint density at radius 1 is 0.868 bits per heavy atom. The largest absolute Gasteiger partial charge is 0.511 e. The number of halogens is 5. The molecular weight excluding hydrogens is 562 g/mol. The summed E-state index contributed by atoms with van der Waals surface area (Å²) >= 11 is 12.2. The van der Waals surface area contributed by atoms with E-state index in [1.807, 2.05) is 0 Å². The summed E-state index contributed by atoms with van der Waals surface area (Å²) < 4.78 is 63.1. The normalized spacial score (nSPS) is 16.3. The molecule has 0 saturated carbocycles. The van der Waals surface area contributed by atoms with Crippen molar-refractivity contribution in [2.75, 3.05) is 13.1 Å². The number of rotatable bonds is 5. The second-order valence-electron chi connectivity index (χ2n) is 9.22. The van der Waals surface area contributed by atoms with Gasteiger partial charge < -0.3 is 5.11 Å². The van der Waals surface area contributed by atoms with Gasteiger partial charge >= 0.3 is 15.5 Å². The first-order valence-electron chi connectivity index (χ1n) is 11.7. The van der Waals surface area contributed by atoms with Gasteiger partial charge in [0.05, 0.1) is 11.2 Å². The maximum Gasteiger partial charge on any atom is 0.511 e. The molecule has 0 amide bonds. The summed E-state index contributed by atoms with van der Waals surface area (Å²) in [6.07, 6.45) is 0.357. The van der Waals surface area contributed by atoms with Crippen LogP contribution in [0.5, 0.6) is 0 Å². The van der Waals surface area contributed by atoms with Crippen molar-refractivity contribution >= 4 is 44.1 Å². The monoisotopic (exact) mass is 583 g/mol. The standard InChI is InChI=1S/C26H22Cl2F3N3O3S/c27-20-6-1-17(2-7-20)25(35,18-3-8-21(28)9-4-18)19-5-10-23-22(15-19)24(33-32-23)16-11-13-34(14-12-16)38(36,37)26(29,30)31/h1-10,15-16,35H,11-14H2,(H,32,33). The summed E-state index contributed by atoms with van der Waals surface area (Å²) in [4.78, 5) is 0. The molecule has 0 bridgehead atoms. The first kappa shape index (κ1) is 27.0. The maximum absolute atomic E-state index is 13.0. The highest BCUT2D eigenvalue weighted by molar-refractivity contribution is 7.90. The fourth-order valence-corrected chi connectivity index (χ4v) is 6.21. The van der Waals surface area contributed by atoms with Crippen molar-refractivity contribution in [3.8, 4) is 0 Å². The first-order chi connectivity index (χ1) is 17.9. The Labute approximate surface area is 227 Å². The fourth-order valence-electron chi connectivity index (χ4n) is 4.97. The van der Waals surface area contributed by atoms with Crippen molar-refractivity contribution in [3.05, 3.63) is 99.2 Å². The Hall–Kier alpha value is -2.63. The number of aromatic nitrogens is 2. The summed E-state index contributed by atoms with van der Waals surface area (Å²) in [5.74, 6) is -0.266. The highest BCUT2D eigenvalue weighted by Gasteiger charge is 2.50. The van der Waals surface area contributed by atoms with Gasteiger partial charge in [0.2, 0.25) is 0 Å². The number of aliphatic hydroxyl groups is 1. The Balaban J connectivity index is 1.53. The van der Waals surface area contributed by atoms with Crippen LogP contribution in [-0.4, -0.2) is 46.6 Å². The van der Waals surface area contributed by atoms with Gasteiger partial charge in [0.1, 0.15) is 5.60 Å². The van der Waals surface area contributed by atoms with Gasteiger partial charge in [-0.05, 0) is 65.9 Å². The van der Waals surface area contributed by atoms with Crippen LogP contribution in [0, 0.1) is 0 Å². The van der Waals surface area contributed by atoms with Crippen LogP contribution < -0.4 is 0 Å². The van der Waals surface area contributed by atoms with Crippen LogP contribution >= 0.6 is 23.2 Å². The van der Waals surface area contributed by atoms with Gasteiger partial charge in [-0.1, -0.05) is 53.5 Å². The predicted molar refractivity (Wildman–Crippen MR) is 140 cm³/mol. The molecule has 6 nitrogen and oxygen atoms in total. The second-order valence-corrected chi connectivity index (χ2v) is 12.0. The third kappa shape index (κ3) is 4.69. The number of piperidine rings is 1. The molecule has 0 radical (unpaired) electrons. The van der Waals surface area contributed by atoms with Gasteiger partial charge in [-0.25, -0.2) is 8.42 Å². The SMILES string of the molecule is O=S(=O)(N1CCC(c2n[nH]c3ccc(C(O)(c4ccc(Cl)cc4)c4ccc(Cl)cc4)cc23)CC1)C(F)(F)F. The molecule has 1 fully saturated rings. The lowest BCUT2D eigenvalue weighted by Gasteiger charge is -2.31. The lowest BCUT2D eigenvalue weighted by molar-refractivity contribution is -0.0494. The van der Waals surface area contributed by atoms with E-state index in [-0.39, 0.29) is 31.8 Å². The molecule has 3 aromatic carbocycles. The van der Waals surface area contributed by atoms with E-state index in [0.29, 0.717) is 47.6 Å². The number of H-pyrrole nitrogens is 1. The van der Waals surface area contributed by atoms with Gasteiger partial charge in [-0.2, -0.15) is 22.6 Å². The van der Waals surface area contributed by atoms with E-state index in [1.54, 1.807) is 66.7 Å². The minimum Gasteiger partial charge on any atom is -0.376 e. The molecule has 38 heavy (non-hydrogen) atoms. The van der Waals surface area contributed by atoms with Crippen LogP contribution in [-0.2, 0) is 15.6 Å². The number of alkyl halides is 3. The number of hydrogen-bond donors (Lipinski definition) is 2. The number of benzene rings is 3. The summed E-state index contributed by atoms with van der Waals surface area (Å²) in [5.41, 5.74) is -3.94. The average molecular weight is 584 g/mol. The minimum absolute atomic E-state index is 0.179. The van der Waals surface area contributed by atoms with Crippen LogP contribution in [0.2, 0.25) is 10.0 Å². The van der Waals surface area contributed by atoms with Crippen molar-refractivity contribution in [1.29, 1.82) is 0 Å². The lowest BCUT2D eigenvalue weighted by atomic mass is 9.79. The fraction of sp³-hybridized carbons (Fsp3) is 0.269. The van der Waals surface area contributed by atoms with E-state index in [1.165, 1.54) is 0 Å². The molecule has 0 spiro atoms. The zero-order chi connectivity index (χ0) is 27.3. The molecule has 200 valence electrons. The summed E-state index contributed by atoms with van der Waals surface area (Å²) in [7, 11) is -5.37. The Morgan fingerprint density at radius 2 is 1.37 bits per heavy atom. The van der Waals surface area contributed by atoms with Gasteiger partial charge in [0.25, 0.3) is 0 Å². The maximum atomic E-state index is 13.0. The minimum atomic E-state index is -5.37. The van der Waals surface area contributed by atoms with Crippen molar-refractivity contribution in [2.24, 2.45) is 0 Å². The zero-order valence-electron chi connectivity index (χ0n) is 19.7. The van der Waals surface area contributed by atoms with E-state index in [4.69, 9.17) is 23.2 Å². The lowest BCUT2D eigenvalue weighted by Crippen LogP contribution is -2.44. The van der Waals surface area contributed by atoms with Crippen LogP contribution in [0.25, 0.3) is 10.9 Å². The number of hydrogen-bond acceptors (Lipinski definition) is 4. The van der Waals surface area contributed by atoms with Crippen LogP contribution in [0.4, 0.5) is 13.2 Å². The van der Waals surface area contributed by atoms with Crippen molar-refractivity contribution in [3.63, 3.8) is 0 Å². The average Bonchev–Trinajstić information content (AvgIpc) is 3.32. The van der Waals surface area contributed by atoms with Gasteiger partial charge in [-0.3, -0.25) is 5.10 Å². The molecule has 0 atom stereocenters. The third-order valence-corrected chi connectivity index (χ3v) is 9.14. The van der Waals surface area contributed by atoms with E-state index >= 15 is 0 Å². The van der Waals surface area contributed by atoms with E-state index < -0.39 is 21.1 Å². The molecule has 12 heteroatoms. The van der Waals surface area contributed by atoms with Crippen molar-refractivity contribution in [2.45, 2.75) is 29.9 Å². The van der Waals surface area contributed by atoms with Gasteiger partial charge in [0.15, 0.2) is 0 Å². The zero-order valence-corrected chi connectivity index (χ0v) is 22.0. The third-order valence-electron chi connectivity index (χ3n) is 7.01. The molecular formula is C26H22Cl2F3N3O3S. The van der Waals surface area contributed by atoms with Gasteiger partial charge in [-0.15, -0.1) is 0 Å². The molecule has 4 aromatic rings. The first-order valence-corrected chi connectivity index (χ1v) is 13.9. The van der Waals surface area contributed by atoms with Crippen molar-refractivity contribution in [1.82, 2.24) is 14.5 Å². The summed E-state index contributed by atoms with van der Waals surface area (Å²) in [6, 6.07) is 19.0. The molecule has 5 rings (SSSR count). The molecule has 0 unspecified atom stereocenters. The van der Waals surface area contributed by atoms with Crippen molar-refractivity contribution < 1.29 is 26.7 Å².